The van der Waals surface area contributed by atoms with Crippen LogP contribution >= 0.6 is 0 Å². The number of rotatable bonds is 7. The molecule has 2 fully saturated rings. The predicted molar refractivity (Wildman–Crippen MR) is 107 cm³/mol. The highest BCUT2D eigenvalue weighted by atomic mass is 16.3. The van der Waals surface area contributed by atoms with E-state index in [9.17, 15) is 5.11 Å². The van der Waals surface area contributed by atoms with Gasteiger partial charge in [-0.25, -0.2) is 0 Å². The van der Waals surface area contributed by atoms with Crippen molar-refractivity contribution in [1.29, 1.82) is 0 Å². The van der Waals surface area contributed by atoms with Gasteiger partial charge in [0.05, 0.1) is 0 Å². The Morgan fingerprint density at radius 3 is 2.54 bits per heavy atom. The monoisotopic (exact) mass is 358 g/mol. The second-order valence-electron chi connectivity index (χ2n) is 7.86. The second kappa shape index (κ2) is 9.38. The molecule has 1 aromatic rings. The molecule has 144 valence electrons. The lowest BCUT2D eigenvalue weighted by molar-refractivity contribution is 0.114. The van der Waals surface area contributed by atoms with Gasteiger partial charge < -0.3 is 15.7 Å². The molecular weight excluding hydrogens is 324 g/mol. The molecule has 3 atom stereocenters. The Labute approximate surface area is 157 Å². The third-order valence-electron chi connectivity index (χ3n) is 5.65. The average Bonchev–Trinajstić information content (AvgIpc) is 2.89. The molecule has 0 aliphatic carbocycles. The minimum Gasteiger partial charge on any atom is -0.396 e. The van der Waals surface area contributed by atoms with Crippen molar-refractivity contribution in [1.82, 2.24) is 15.5 Å². The van der Waals surface area contributed by atoms with Crippen molar-refractivity contribution < 1.29 is 5.11 Å². The van der Waals surface area contributed by atoms with Gasteiger partial charge in [0.2, 0.25) is 0 Å². The van der Waals surface area contributed by atoms with Gasteiger partial charge in [0.1, 0.15) is 0 Å². The van der Waals surface area contributed by atoms with Crippen LogP contribution < -0.4 is 10.6 Å². The SMILES string of the molecule is CCNC(=NCC(C)CO)NC1CC2CCC(C1)N2Cc1ccccc1. The van der Waals surface area contributed by atoms with Crippen molar-refractivity contribution in [3.8, 4) is 0 Å². The third-order valence-corrected chi connectivity index (χ3v) is 5.65. The fourth-order valence-electron chi connectivity index (χ4n) is 4.26. The van der Waals surface area contributed by atoms with Crippen molar-refractivity contribution in [3.05, 3.63) is 35.9 Å². The molecule has 5 nitrogen and oxygen atoms in total. The molecule has 2 bridgehead atoms. The van der Waals surface area contributed by atoms with Gasteiger partial charge in [-0.2, -0.15) is 0 Å². The first-order chi connectivity index (χ1) is 12.7. The van der Waals surface area contributed by atoms with E-state index >= 15 is 0 Å². The molecule has 0 spiro atoms. The number of aliphatic imine (C=N–C) groups is 1. The predicted octanol–water partition coefficient (Wildman–Crippen LogP) is 2.37. The summed E-state index contributed by atoms with van der Waals surface area (Å²) in [6.07, 6.45) is 4.99. The van der Waals surface area contributed by atoms with E-state index in [0.29, 0.717) is 24.7 Å². The summed E-state index contributed by atoms with van der Waals surface area (Å²) in [6.45, 7) is 6.90. The van der Waals surface area contributed by atoms with Crippen molar-refractivity contribution in [2.45, 2.75) is 64.2 Å². The number of benzene rings is 1. The first-order valence-corrected chi connectivity index (χ1v) is 10.1. The molecular formula is C21H34N4O. The summed E-state index contributed by atoms with van der Waals surface area (Å²) in [5.74, 6) is 1.10. The summed E-state index contributed by atoms with van der Waals surface area (Å²) >= 11 is 0. The summed E-state index contributed by atoms with van der Waals surface area (Å²) in [4.78, 5) is 7.37. The number of aliphatic hydroxyl groups excluding tert-OH is 1. The van der Waals surface area contributed by atoms with Crippen LogP contribution in [0.25, 0.3) is 0 Å². The number of nitrogens with zero attached hydrogens (tertiary/aromatic N) is 2. The van der Waals surface area contributed by atoms with E-state index in [0.717, 1.165) is 19.0 Å². The maximum absolute atomic E-state index is 9.21. The van der Waals surface area contributed by atoms with E-state index in [-0.39, 0.29) is 12.5 Å². The zero-order chi connectivity index (χ0) is 18.4. The van der Waals surface area contributed by atoms with Crippen molar-refractivity contribution in [3.63, 3.8) is 0 Å². The topological polar surface area (TPSA) is 59.9 Å². The van der Waals surface area contributed by atoms with Crippen LogP contribution in [0.5, 0.6) is 0 Å². The summed E-state index contributed by atoms with van der Waals surface area (Å²) in [6, 6.07) is 12.7. The zero-order valence-corrected chi connectivity index (χ0v) is 16.2. The van der Waals surface area contributed by atoms with Gasteiger partial charge >= 0.3 is 0 Å². The quantitative estimate of drug-likeness (QED) is 0.517. The minimum atomic E-state index is 0.185. The maximum atomic E-state index is 9.21. The number of hydrogen-bond acceptors (Lipinski definition) is 3. The molecule has 3 rings (SSSR count). The Hall–Kier alpha value is -1.59. The molecule has 3 unspecified atom stereocenters. The number of guanidine groups is 1. The molecule has 2 aliphatic heterocycles. The molecule has 1 aromatic carbocycles. The van der Waals surface area contributed by atoms with Gasteiger partial charge in [-0.05, 0) is 44.1 Å². The molecule has 0 saturated carbocycles. The first kappa shape index (κ1) is 19.2. The number of fused-ring (bicyclic) bond motifs is 2. The standard InChI is InChI=1S/C21H34N4O/c1-3-22-21(23-13-16(2)15-26)24-18-11-19-9-10-20(12-18)25(19)14-17-7-5-4-6-8-17/h4-8,16,18-20,26H,3,9-15H2,1-2H3,(H2,22,23,24). The number of hydrogen-bond donors (Lipinski definition) is 3. The highest BCUT2D eigenvalue weighted by Gasteiger charge is 2.40. The van der Waals surface area contributed by atoms with E-state index in [4.69, 9.17) is 0 Å². The smallest absolute Gasteiger partial charge is 0.191 e. The minimum absolute atomic E-state index is 0.185. The molecule has 26 heavy (non-hydrogen) atoms. The van der Waals surface area contributed by atoms with Gasteiger partial charge in [-0.15, -0.1) is 0 Å². The van der Waals surface area contributed by atoms with Crippen LogP contribution in [0.2, 0.25) is 0 Å². The molecule has 2 saturated heterocycles. The lowest BCUT2D eigenvalue weighted by Gasteiger charge is -2.39. The first-order valence-electron chi connectivity index (χ1n) is 10.1. The Bertz CT molecular complexity index is 563. The van der Waals surface area contributed by atoms with Crippen LogP contribution in [0, 0.1) is 5.92 Å². The fourth-order valence-corrected chi connectivity index (χ4v) is 4.26. The Morgan fingerprint density at radius 1 is 1.23 bits per heavy atom. The maximum Gasteiger partial charge on any atom is 0.191 e. The summed E-state index contributed by atoms with van der Waals surface area (Å²) in [5.41, 5.74) is 1.42. The van der Waals surface area contributed by atoms with Crippen LogP contribution in [0.15, 0.2) is 35.3 Å². The molecule has 0 radical (unpaired) electrons. The lowest BCUT2D eigenvalue weighted by atomic mass is 9.96. The highest BCUT2D eigenvalue weighted by molar-refractivity contribution is 5.80. The average molecular weight is 359 g/mol. The van der Waals surface area contributed by atoms with E-state index in [1.165, 1.54) is 31.2 Å². The van der Waals surface area contributed by atoms with Crippen LogP contribution in [0.3, 0.4) is 0 Å². The largest absolute Gasteiger partial charge is 0.396 e. The summed E-state index contributed by atoms with van der Waals surface area (Å²) in [7, 11) is 0. The van der Waals surface area contributed by atoms with E-state index in [1.54, 1.807) is 0 Å². The summed E-state index contributed by atoms with van der Waals surface area (Å²) < 4.78 is 0. The van der Waals surface area contributed by atoms with Gasteiger partial charge in [0, 0.05) is 44.4 Å². The van der Waals surface area contributed by atoms with Crippen molar-refractivity contribution >= 4 is 5.96 Å². The van der Waals surface area contributed by atoms with Crippen LogP contribution in [0.4, 0.5) is 0 Å². The number of piperidine rings is 1. The van der Waals surface area contributed by atoms with E-state index in [2.05, 4.69) is 57.8 Å². The van der Waals surface area contributed by atoms with Crippen LogP contribution in [-0.4, -0.2) is 53.8 Å². The normalized spacial score (nSPS) is 27.3. The highest BCUT2D eigenvalue weighted by Crippen LogP contribution is 2.36. The number of aliphatic hydroxyl groups is 1. The lowest BCUT2D eigenvalue weighted by Crippen LogP contribution is -2.52. The Kier molecular flexibility index (Phi) is 6.92. The Morgan fingerprint density at radius 2 is 1.92 bits per heavy atom. The fraction of sp³-hybridized carbons (Fsp3) is 0.667. The van der Waals surface area contributed by atoms with Crippen LogP contribution in [0.1, 0.15) is 45.1 Å². The molecule has 2 heterocycles. The molecule has 5 heteroatoms. The van der Waals surface area contributed by atoms with Crippen molar-refractivity contribution in [2.24, 2.45) is 10.9 Å². The van der Waals surface area contributed by atoms with E-state index < -0.39 is 0 Å². The van der Waals surface area contributed by atoms with Gasteiger partial charge in [0.15, 0.2) is 5.96 Å². The zero-order valence-electron chi connectivity index (χ0n) is 16.2. The van der Waals surface area contributed by atoms with Gasteiger partial charge in [0.25, 0.3) is 0 Å². The second-order valence-corrected chi connectivity index (χ2v) is 7.86. The number of nitrogens with one attached hydrogen (secondary N) is 2. The Balaban J connectivity index is 1.57. The summed E-state index contributed by atoms with van der Waals surface area (Å²) in [5, 5.41) is 16.2. The van der Waals surface area contributed by atoms with Gasteiger partial charge in [-0.3, -0.25) is 9.89 Å². The molecule has 0 aromatic heterocycles. The molecule has 3 N–H and O–H groups in total. The van der Waals surface area contributed by atoms with Gasteiger partial charge in [-0.1, -0.05) is 37.3 Å². The van der Waals surface area contributed by atoms with Crippen molar-refractivity contribution in [2.75, 3.05) is 19.7 Å². The van der Waals surface area contributed by atoms with E-state index in [1.807, 2.05) is 6.92 Å². The molecule has 2 aliphatic rings. The molecule has 0 amide bonds. The third kappa shape index (κ3) is 4.98. The van der Waals surface area contributed by atoms with Crippen LogP contribution in [-0.2, 0) is 6.54 Å².